The Bertz CT molecular complexity index is 2800. The Morgan fingerprint density at radius 2 is 1.73 bits per heavy atom. The summed E-state index contributed by atoms with van der Waals surface area (Å²) in [7, 11) is 0. The number of likely N-dealkylation sites (tertiary alicyclic amines) is 3. The Morgan fingerprint density at radius 3 is 2.40 bits per heavy atom. The molecule has 18 nitrogen and oxygen atoms in total. The van der Waals surface area contributed by atoms with Gasteiger partial charge in [0.05, 0.1) is 36.2 Å². The van der Waals surface area contributed by atoms with E-state index in [0.717, 1.165) is 79.6 Å². The van der Waals surface area contributed by atoms with Gasteiger partial charge in [0, 0.05) is 96.8 Å². The lowest BCUT2D eigenvalue weighted by Gasteiger charge is -2.61. The number of aliphatic hydroxyl groups excluding tert-OH is 2. The zero-order valence-corrected chi connectivity index (χ0v) is 40.2. The summed E-state index contributed by atoms with van der Waals surface area (Å²) >= 11 is 0. The van der Waals surface area contributed by atoms with Gasteiger partial charge in [-0.15, -0.1) is 16.6 Å². The van der Waals surface area contributed by atoms with E-state index in [1.54, 1.807) is 29.2 Å². The van der Waals surface area contributed by atoms with Gasteiger partial charge < -0.3 is 50.5 Å². The van der Waals surface area contributed by atoms with Gasteiger partial charge in [0.2, 0.25) is 17.8 Å². The van der Waals surface area contributed by atoms with Crippen LogP contribution in [0.1, 0.15) is 106 Å². The highest BCUT2D eigenvalue weighted by Gasteiger charge is 2.56. The highest BCUT2D eigenvalue weighted by atomic mass is 16.3. The van der Waals surface area contributed by atoms with Crippen LogP contribution in [0.15, 0.2) is 61.1 Å². The van der Waals surface area contributed by atoms with Gasteiger partial charge in [0.15, 0.2) is 5.65 Å². The number of hydrogen-bond donors (Lipinski definition) is 6. The van der Waals surface area contributed by atoms with Crippen molar-refractivity contribution >= 4 is 34.8 Å². The Balaban J connectivity index is 0.698. The van der Waals surface area contributed by atoms with Crippen LogP contribution in [0.2, 0.25) is 0 Å². The fourth-order valence-corrected chi connectivity index (χ4v) is 11.6. The van der Waals surface area contributed by atoms with Crippen LogP contribution in [0.4, 0.5) is 10.7 Å². The fourth-order valence-electron chi connectivity index (χ4n) is 11.6. The molecule has 70 heavy (non-hydrogen) atoms. The number of fused-ring (bicyclic) bond motifs is 3. The highest BCUT2D eigenvalue weighted by Crippen LogP contribution is 2.51. The van der Waals surface area contributed by atoms with Crippen molar-refractivity contribution in [1.29, 1.82) is 0 Å². The molecule has 4 aliphatic heterocycles. The largest absolute Gasteiger partial charge is 0.507 e. The highest BCUT2D eigenvalue weighted by molar-refractivity contribution is 5.93. The molecule has 0 radical (unpaired) electrons. The predicted molar refractivity (Wildman–Crippen MR) is 261 cm³/mol. The molecular formula is C52H62N12O6. The van der Waals surface area contributed by atoms with Crippen LogP contribution < -0.4 is 15.5 Å². The number of pyridine rings is 1. The maximum Gasteiger partial charge on any atom is 0.318 e. The van der Waals surface area contributed by atoms with Gasteiger partial charge in [0.25, 0.3) is 0 Å². The zero-order chi connectivity index (χ0) is 49.1. The first-order valence-corrected chi connectivity index (χ1v) is 24.5. The summed E-state index contributed by atoms with van der Waals surface area (Å²) in [5, 5.41) is 46.9. The number of terminal acetylenes is 1. The lowest BCUT2D eigenvalue weighted by Crippen LogP contribution is -2.70. The third-order valence-electron chi connectivity index (χ3n) is 15.5. The summed E-state index contributed by atoms with van der Waals surface area (Å²) in [5.41, 5.74) is 5.79. The molecule has 0 bridgehead atoms. The number of para-hydroxylation sites is 1. The van der Waals surface area contributed by atoms with Gasteiger partial charge in [-0.1, -0.05) is 38.8 Å². The molecule has 1 saturated carbocycles. The van der Waals surface area contributed by atoms with E-state index in [-0.39, 0.29) is 36.2 Å². The lowest BCUT2D eigenvalue weighted by atomic mass is 9.60. The normalized spacial score (nSPS) is 22.5. The van der Waals surface area contributed by atoms with E-state index in [4.69, 9.17) is 16.4 Å². The molecule has 1 spiro atoms. The fraction of sp³-hybridized carbons (Fsp3) is 0.500. The molecular weight excluding hydrogens is 889 g/mol. The number of carbonyl (C=O) groups is 3. The monoisotopic (exact) mass is 950 g/mol. The number of aromatic nitrogens is 6. The first kappa shape index (κ1) is 47.0. The van der Waals surface area contributed by atoms with Crippen LogP contribution in [0.3, 0.4) is 0 Å². The first-order valence-electron chi connectivity index (χ1n) is 24.5. The molecule has 4 aromatic heterocycles. The van der Waals surface area contributed by atoms with Crippen molar-refractivity contribution in [2.75, 3.05) is 50.8 Å². The standard InChI is InChI=1S/C52H62N12O6/c1-6-31-11-12-38(53-23-31)41(27-65)57-47(68)42-19-35(66)26-64(42)48(69)45(51(3,4)5)58-50(70)62-28-52(29-62)21-34(22-52)61-16-13-32(14-17-61)33-24-54-49(55-25-33)63-18-15-39-44(30(63)2)37-20-40(59-60-46(37)56-39)36-9-7-8-10-43(36)67/h1,7-12,20,23-25,30,32,34-35,41-42,45,65-67H,13-19,21-22,26-29H2,2-5H3,(H,56,60)(H,57,68)(H,58,70)/t30-,35-,41+,42+,45-/m1/s1. The molecule has 10 rings (SSSR count). The molecule has 1 aromatic carbocycles. The Hall–Kier alpha value is -6.68. The quantitative estimate of drug-likeness (QED) is 0.108. The van der Waals surface area contributed by atoms with Crippen LogP contribution >= 0.6 is 0 Å². The van der Waals surface area contributed by atoms with E-state index in [0.29, 0.717) is 53.5 Å². The smallest absolute Gasteiger partial charge is 0.318 e. The second-order valence-corrected chi connectivity index (χ2v) is 21.2. The number of piperidine rings is 1. The third kappa shape index (κ3) is 8.90. The van der Waals surface area contributed by atoms with E-state index in [9.17, 15) is 29.7 Å². The van der Waals surface area contributed by atoms with Crippen molar-refractivity contribution in [2.24, 2.45) is 10.8 Å². The summed E-state index contributed by atoms with van der Waals surface area (Å²) < 4.78 is 0. The number of carbonyl (C=O) groups excluding carboxylic acids is 3. The molecule has 0 unspecified atom stereocenters. The number of β-amino-alcohol motifs (C(OH)–C–C–N with tert-alkyl or cyclic N) is 1. The Labute approximate surface area is 407 Å². The number of hydrogen-bond acceptors (Lipinski definition) is 13. The molecule has 18 heteroatoms. The molecule has 4 fully saturated rings. The topological polar surface area (TPSA) is 229 Å². The van der Waals surface area contributed by atoms with Gasteiger partial charge in [-0.25, -0.2) is 14.8 Å². The molecule has 1 aliphatic carbocycles. The number of aliphatic hydroxyl groups is 2. The average Bonchev–Trinajstić information content (AvgIpc) is 3.92. The number of H-pyrrole nitrogens is 1. The van der Waals surface area contributed by atoms with Crippen LogP contribution in [0.25, 0.3) is 22.3 Å². The van der Waals surface area contributed by atoms with E-state index in [1.165, 1.54) is 11.1 Å². The van der Waals surface area contributed by atoms with Crippen LogP contribution in [0.5, 0.6) is 5.75 Å². The number of urea groups is 1. The number of phenolic OH excluding ortho intramolecular Hbond substituents is 1. The molecule has 3 saturated heterocycles. The van der Waals surface area contributed by atoms with Crippen molar-refractivity contribution in [3.8, 4) is 29.4 Å². The van der Waals surface area contributed by atoms with Gasteiger partial charge in [-0.2, -0.15) is 0 Å². The molecule has 5 aliphatic rings. The number of rotatable bonds is 10. The van der Waals surface area contributed by atoms with Gasteiger partial charge in [-0.3, -0.25) is 14.6 Å². The van der Waals surface area contributed by atoms with Crippen molar-refractivity contribution in [2.45, 2.75) is 108 Å². The summed E-state index contributed by atoms with van der Waals surface area (Å²) in [6.07, 6.45) is 14.9. The van der Waals surface area contributed by atoms with Crippen LogP contribution in [-0.4, -0.2) is 148 Å². The number of phenols is 1. The number of anilines is 1. The van der Waals surface area contributed by atoms with Crippen molar-refractivity contribution < 1.29 is 29.7 Å². The number of benzene rings is 1. The number of nitrogens with zero attached hydrogens (tertiary/aromatic N) is 9. The predicted octanol–water partition coefficient (Wildman–Crippen LogP) is 4.20. The SMILES string of the molecule is C#Cc1ccc([C@H](CO)NC(=O)[C@@H]2C[C@@H](O)CN2C(=O)[C@@H](NC(=O)N2CC3(CC(N4CCC(c5cnc(N6CCc7[nH]c8nnc(-c9ccccc9O)cc8c7[C@H]6C)nc5)CC4)C3)C2)C(C)(C)C)nc1. The average molecular weight is 951 g/mol. The molecule has 366 valence electrons. The third-order valence-corrected chi connectivity index (χ3v) is 15.5. The van der Waals surface area contributed by atoms with Crippen LogP contribution in [-0.2, 0) is 16.0 Å². The Morgan fingerprint density at radius 1 is 0.986 bits per heavy atom. The maximum absolute atomic E-state index is 14.2. The number of nitrogens with one attached hydrogen (secondary N) is 3. The summed E-state index contributed by atoms with van der Waals surface area (Å²) in [4.78, 5) is 67.2. The van der Waals surface area contributed by atoms with E-state index < -0.39 is 48.1 Å². The molecule has 5 aromatic rings. The summed E-state index contributed by atoms with van der Waals surface area (Å²) in [5.74, 6) is 2.76. The maximum atomic E-state index is 14.2. The minimum Gasteiger partial charge on any atom is -0.507 e. The second kappa shape index (κ2) is 18.6. The van der Waals surface area contributed by atoms with Crippen molar-refractivity contribution in [1.82, 2.24) is 55.5 Å². The molecule has 8 heterocycles. The van der Waals surface area contributed by atoms with Crippen molar-refractivity contribution in [3.63, 3.8) is 0 Å². The zero-order valence-electron chi connectivity index (χ0n) is 40.2. The molecule has 4 amide bonds. The minimum absolute atomic E-state index is 0.00248. The second-order valence-electron chi connectivity index (χ2n) is 21.2. The molecule has 6 N–H and O–H groups in total. The summed E-state index contributed by atoms with van der Waals surface area (Å²) in [6.45, 7) is 11.3. The van der Waals surface area contributed by atoms with Gasteiger partial charge >= 0.3 is 6.03 Å². The number of aromatic hydroxyl groups is 1. The number of amides is 4. The lowest BCUT2D eigenvalue weighted by molar-refractivity contribution is -0.142. The van der Waals surface area contributed by atoms with Gasteiger partial charge in [-0.05, 0) is 92.9 Å². The van der Waals surface area contributed by atoms with E-state index in [1.807, 2.05) is 51.4 Å². The Kier molecular flexibility index (Phi) is 12.5. The first-order chi connectivity index (χ1) is 33.6. The van der Waals surface area contributed by atoms with Gasteiger partial charge in [0.1, 0.15) is 17.8 Å². The van der Waals surface area contributed by atoms with Crippen molar-refractivity contribution in [3.05, 3.63) is 89.1 Å². The minimum atomic E-state index is -1.00. The number of aromatic amines is 1. The van der Waals surface area contributed by atoms with E-state index >= 15 is 0 Å². The molecule has 5 atom stereocenters. The van der Waals surface area contributed by atoms with E-state index in [2.05, 4.69) is 53.4 Å². The van der Waals surface area contributed by atoms with Crippen LogP contribution in [0, 0.1) is 23.2 Å². The summed E-state index contributed by atoms with van der Waals surface area (Å²) in [6, 6.07) is 9.82.